The van der Waals surface area contributed by atoms with E-state index >= 15 is 0 Å². The Morgan fingerprint density at radius 2 is 1.90 bits per heavy atom. The Morgan fingerprint density at radius 3 is 2.30 bits per heavy atom. The fourth-order valence-electron chi connectivity index (χ4n) is 0.659. The normalized spacial score (nSPS) is 8.40. The number of rotatable bonds is 1. The van der Waals surface area contributed by atoms with Crippen LogP contribution < -0.4 is 4.74 Å². The predicted octanol–water partition coefficient (Wildman–Crippen LogP) is 1.55. The second-order valence-corrected chi connectivity index (χ2v) is 2.56. The molecule has 0 saturated heterocycles. The zero-order chi connectivity index (χ0) is 7.40. The van der Waals surface area contributed by atoms with Crippen LogP contribution >= 0.6 is 0 Å². The van der Waals surface area contributed by atoms with Gasteiger partial charge in [0.15, 0.2) is 0 Å². The van der Waals surface area contributed by atoms with E-state index in [0.717, 1.165) is 11.3 Å². The number of benzene rings is 1. The van der Waals surface area contributed by atoms with Gasteiger partial charge in [-0.15, -0.1) is 0 Å². The van der Waals surface area contributed by atoms with Crippen molar-refractivity contribution >= 4 is 0 Å². The number of hydrogen-bond donors (Lipinski definition) is 0. The van der Waals surface area contributed by atoms with E-state index in [-0.39, 0.29) is 0 Å². The molecule has 0 bridgehead atoms. The molecule has 0 saturated carbocycles. The number of hydrogen-bond acceptors (Lipinski definition) is 1. The molecule has 0 radical (unpaired) electrons. The van der Waals surface area contributed by atoms with E-state index in [2.05, 4.69) is 4.20 Å². The second-order valence-electron chi connectivity index (χ2n) is 1.83. The van der Waals surface area contributed by atoms with Crippen molar-refractivity contribution in [3.05, 3.63) is 29.8 Å². The van der Waals surface area contributed by atoms with E-state index in [0.29, 0.717) is 0 Å². The Balaban J connectivity index is 2.93. The molecule has 0 aliphatic heterocycles. The van der Waals surface area contributed by atoms with Crippen molar-refractivity contribution in [2.45, 2.75) is 0 Å². The third-order valence-electron chi connectivity index (χ3n) is 1.21. The van der Waals surface area contributed by atoms with Gasteiger partial charge in [0.05, 0.1) is 0 Å². The Hall–Kier alpha value is -0.512. The summed E-state index contributed by atoms with van der Waals surface area (Å²) in [6.45, 7) is 0. The molecule has 1 rings (SSSR count). The molecule has 0 N–H and O–H groups in total. The van der Waals surface area contributed by atoms with Crippen LogP contribution in [0.1, 0.15) is 5.56 Å². The monoisotopic (exact) mass is 303 g/mol. The zero-order valence-electron chi connectivity index (χ0n) is 5.63. The summed E-state index contributed by atoms with van der Waals surface area (Å²) in [7, 11) is 1.67. The van der Waals surface area contributed by atoms with Gasteiger partial charge < -0.3 is 0 Å². The van der Waals surface area contributed by atoms with Crippen LogP contribution in [0.5, 0.6) is 5.75 Å². The number of ether oxygens (including phenoxy) is 1. The molecule has 2 heteroatoms. The van der Waals surface area contributed by atoms with Gasteiger partial charge in [-0.1, -0.05) is 0 Å². The van der Waals surface area contributed by atoms with Crippen molar-refractivity contribution in [3.8, 4) is 9.95 Å². The molecular weight excluding hydrogens is 296 g/mol. The molecule has 0 fully saturated rings. The molecule has 1 nitrogen and oxygen atoms in total. The zero-order valence-corrected chi connectivity index (χ0v) is 8.56. The van der Waals surface area contributed by atoms with Gasteiger partial charge in [-0.3, -0.25) is 0 Å². The van der Waals surface area contributed by atoms with Gasteiger partial charge in [0.2, 0.25) is 0 Å². The van der Waals surface area contributed by atoms with Gasteiger partial charge in [-0.25, -0.2) is 0 Å². The summed E-state index contributed by atoms with van der Waals surface area (Å²) in [5.41, 5.74) is 1.14. The van der Waals surface area contributed by atoms with Gasteiger partial charge in [-0.05, 0) is 0 Å². The maximum atomic E-state index is 4.99. The van der Waals surface area contributed by atoms with Crippen LogP contribution in [0.2, 0.25) is 0 Å². The minimum atomic E-state index is 0.897. The van der Waals surface area contributed by atoms with Gasteiger partial charge in [0.1, 0.15) is 0 Å². The summed E-state index contributed by atoms with van der Waals surface area (Å²) >= 11 is 1.35. The average molecular weight is 303 g/mol. The van der Waals surface area contributed by atoms with Crippen molar-refractivity contribution in [1.82, 2.24) is 0 Å². The molecule has 1 aromatic rings. The Labute approximate surface area is 71.0 Å². The summed E-state index contributed by atoms with van der Waals surface area (Å²) < 4.78 is 8.10. The average Bonchev–Trinajstić information content (AvgIpc) is 2.05. The van der Waals surface area contributed by atoms with E-state index in [9.17, 15) is 0 Å². The Bertz CT molecular complexity index is 245. The molecule has 0 amide bonds. The van der Waals surface area contributed by atoms with Crippen LogP contribution in [0.15, 0.2) is 24.3 Å². The fraction of sp³-hybridized carbons (Fsp3) is 0.125. The van der Waals surface area contributed by atoms with Crippen LogP contribution in [-0.4, -0.2) is 7.11 Å². The molecule has 0 unspecified atom stereocenters. The molecule has 0 spiro atoms. The van der Waals surface area contributed by atoms with Crippen molar-refractivity contribution in [1.29, 1.82) is 0 Å². The third kappa shape index (κ3) is 1.73. The molecule has 0 heterocycles. The van der Waals surface area contributed by atoms with E-state index in [1.807, 2.05) is 24.3 Å². The van der Waals surface area contributed by atoms with Crippen LogP contribution in [0.25, 0.3) is 0 Å². The first-order valence-electron chi connectivity index (χ1n) is 2.89. The van der Waals surface area contributed by atoms with Gasteiger partial charge in [-0.2, -0.15) is 0 Å². The Morgan fingerprint density at radius 1 is 1.30 bits per heavy atom. The third-order valence-corrected chi connectivity index (χ3v) is 2.05. The first-order chi connectivity index (χ1) is 4.86. The molecule has 1 aromatic carbocycles. The summed E-state index contributed by atoms with van der Waals surface area (Å²) in [6.07, 6.45) is 0. The van der Waals surface area contributed by atoms with E-state index < -0.39 is 0 Å². The van der Waals surface area contributed by atoms with Crippen LogP contribution in [0.3, 0.4) is 0 Å². The number of methoxy groups -OCH3 is 1. The maximum absolute atomic E-state index is 4.99. The molecular formula is C8H7OW+. The van der Waals surface area contributed by atoms with Crippen molar-refractivity contribution in [2.24, 2.45) is 0 Å². The molecule has 10 heavy (non-hydrogen) atoms. The first-order valence-corrected chi connectivity index (χ1v) is 4.35. The molecule has 50 valence electrons. The molecule has 0 aliphatic rings. The Kier molecular flexibility index (Phi) is 2.74. The standard InChI is InChI=1S/C8H7O.W/c1-7-3-5-8(9-2)6-4-7;/h3-6H,2H3;/q;+1. The predicted molar refractivity (Wildman–Crippen MR) is 36.0 cm³/mol. The molecule has 0 aliphatic carbocycles. The quantitative estimate of drug-likeness (QED) is 0.765. The van der Waals surface area contributed by atoms with Crippen molar-refractivity contribution < 1.29 is 23.9 Å². The topological polar surface area (TPSA) is 9.23 Å². The van der Waals surface area contributed by atoms with Crippen molar-refractivity contribution in [2.75, 3.05) is 7.11 Å². The summed E-state index contributed by atoms with van der Waals surface area (Å²) in [5.74, 6) is 0.897. The SMILES string of the molecule is COc1ccc([C]#[W+])cc1. The van der Waals surface area contributed by atoms with Gasteiger partial charge in [0.25, 0.3) is 0 Å². The molecule has 0 atom stereocenters. The fourth-order valence-corrected chi connectivity index (χ4v) is 1.15. The van der Waals surface area contributed by atoms with Gasteiger partial charge >= 0.3 is 70.8 Å². The van der Waals surface area contributed by atoms with Gasteiger partial charge in [0, 0.05) is 0 Å². The van der Waals surface area contributed by atoms with E-state index in [1.165, 1.54) is 19.2 Å². The minimum absolute atomic E-state index is 0.897. The summed E-state index contributed by atoms with van der Waals surface area (Å²) in [4.78, 5) is 0. The van der Waals surface area contributed by atoms with Crippen LogP contribution in [0, 0.1) is 4.20 Å². The summed E-state index contributed by atoms with van der Waals surface area (Å²) in [6, 6.07) is 7.86. The van der Waals surface area contributed by atoms with Crippen LogP contribution in [0.4, 0.5) is 0 Å². The molecule has 0 aromatic heterocycles. The summed E-state index contributed by atoms with van der Waals surface area (Å²) in [5, 5.41) is 0. The van der Waals surface area contributed by atoms with E-state index in [1.54, 1.807) is 7.11 Å². The van der Waals surface area contributed by atoms with E-state index in [4.69, 9.17) is 4.74 Å². The van der Waals surface area contributed by atoms with Crippen molar-refractivity contribution in [3.63, 3.8) is 0 Å². The first kappa shape index (κ1) is 7.59. The second kappa shape index (κ2) is 3.61. The van der Waals surface area contributed by atoms with Crippen LogP contribution in [-0.2, 0) is 19.2 Å².